The van der Waals surface area contributed by atoms with E-state index in [-0.39, 0.29) is 6.42 Å². The zero-order valence-electron chi connectivity index (χ0n) is 6.74. The summed E-state index contributed by atoms with van der Waals surface area (Å²) in [5, 5.41) is 45.0. The molecule has 6 heteroatoms. The van der Waals surface area contributed by atoms with Crippen molar-refractivity contribution in [3.8, 4) is 0 Å². The highest BCUT2D eigenvalue weighted by Gasteiger charge is 2.44. The van der Waals surface area contributed by atoms with Gasteiger partial charge >= 0.3 is 5.97 Å². The molecule has 1 saturated carbocycles. The van der Waals surface area contributed by atoms with Crippen molar-refractivity contribution in [2.24, 2.45) is 5.92 Å². The van der Waals surface area contributed by atoms with Crippen LogP contribution in [0.2, 0.25) is 0 Å². The summed E-state index contributed by atoms with van der Waals surface area (Å²) in [4.78, 5) is 10.5. The topological polar surface area (TPSA) is 118 Å². The molecule has 0 aromatic heterocycles. The fourth-order valence-corrected chi connectivity index (χ4v) is 1.45. The molecule has 1 rings (SSSR count). The van der Waals surface area contributed by atoms with E-state index in [1.807, 2.05) is 0 Å². The standard InChI is InChI=1S/C7H12O6/c8-3-1-2(7(12)13)4(9)6(11)5(3)10/h2-6,8-11H,1H2,(H,12,13)/t2-,3-,4+,5-,6-/m0/s1. The third-order valence-corrected chi connectivity index (χ3v) is 2.32. The molecule has 0 spiro atoms. The lowest BCUT2D eigenvalue weighted by atomic mass is 9.81. The fraction of sp³-hybridized carbons (Fsp3) is 0.857. The number of aliphatic carboxylic acids is 1. The Morgan fingerprint density at radius 1 is 1.00 bits per heavy atom. The summed E-state index contributed by atoms with van der Waals surface area (Å²) in [5.74, 6) is -2.52. The molecule has 1 fully saturated rings. The Morgan fingerprint density at radius 2 is 1.54 bits per heavy atom. The van der Waals surface area contributed by atoms with Gasteiger partial charge in [-0.1, -0.05) is 0 Å². The minimum Gasteiger partial charge on any atom is -0.481 e. The second kappa shape index (κ2) is 3.59. The molecule has 0 aliphatic heterocycles. The lowest BCUT2D eigenvalue weighted by molar-refractivity contribution is -0.178. The van der Waals surface area contributed by atoms with Crippen LogP contribution in [0.1, 0.15) is 6.42 Å². The molecule has 0 unspecified atom stereocenters. The van der Waals surface area contributed by atoms with Crippen molar-refractivity contribution in [3.05, 3.63) is 0 Å². The Kier molecular flexibility index (Phi) is 2.87. The highest BCUT2D eigenvalue weighted by atomic mass is 16.4. The molecule has 0 saturated heterocycles. The molecule has 76 valence electrons. The number of carboxylic acids is 1. The van der Waals surface area contributed by atoms with Crippen LogP contribution < -0.4 is 0 Å². The first-order valence-corrected chi connectivity index (χ1v) is 3.90. The summed E-state index contributed by atoms with van der Waals surface area (Å²) in [6.45, 7) is 0. The Balaban J connectivity index is 2.76. The normalized spacial score (nSPS) is 46.0. The van der Waals surface area contributed by atoms with Crippen LogP contribution >= 0.6 is 0 Å². The number of aliphatic hydroxyl groups is 4. The summed E-state index contributed by atoms with van der Waals surface area (Å²) < 4.78 is 0. The van der Waals surface area contributed by atoms with E-state index in [2.05, 4.69) is 0 Å². The average Bonchev–Trinajstić information content (AvgIpc) is 2.07. The third-order valence-electron chi connectivity index (χ3n) is 2.32. The van der Waals surface area contributed by atoms with Gasteiger partial charge in [0.1, 0.15) is 12.2 Å². The van der Waals surface area contributed by atoms with Crippen molar-refractivity contribution < 1.29 is 30.3 Å². The van der Waals surface area contributed by atoms with Crippen LogP contribution in [0.15, 0.2) is 0 Å². The Hall–Kier alpha value is -0.690. The van der Waals surface area contributed by atoms with E-state index < -0.39 is 36.3 Å². The molecule has 0 aromatic carbocycles. The van der Waals surface area contributed by atoms with Crippen LogP contribution in [0.25, 0.3) is 0 Å². The summed E-state index contributed by atoms with van der Waals surface area (Å²) in [7, 11) is 0. The number of rotatable bonds is 1. The van der Waals surface area contributed by atoms with E-state index >= 15 is 0 Å². The summed E-state index contributed by atoms with van der Waals surface area (Å²) in [6, 6.07) is 0. The van der Waals surface area contributed by atoms with Crippen LogP contribution in [0.5, 0.6) is 0 Å². The summed E-state index contributed by atoms with van der Waals surface area (Å²) >= 11 is 0. The van der Waals surface area contributed by atoms with Gasteiger partial charge in [-0.05, 0) is 6.42 Å². The molecular weight excluding hydrogens is 180 g/mol. The molecule has 5 atom stereocenters. The maximum absolute atomic E-state index is 10.5. The van der Waals surface area contributed by atoms with Crippen molar-refractivity contribution >= 4 is 5.97 Å². The molecule has 1 aliphatic rings. The van der Waals surface area contributed by atoms with Crippen LogP contribution in [0, 0.1) is 5.92 Å². The second-order valence-electron chi connectivity index (χ2n) is 3.22. The smallest absolute Gasteiger partial charge is 0.309 e. The van der Waals surface area contributed by atoms with Crippen molar-refractivity contribution in [2.75, 3.05) is 0 Å². The zero-order valence-corrected chi connectivity index (χ0v) is 6.74. The van der Waals surface area contributed by atoms with E-state index in [1.165, 1.54) is 0 Å². The molecular formula is C7H12O6. The Morgan fingerprint density at radius 3 is 2.00 bits per heavy atom. The first-order chi connectivity index (χ1) is 5.95. The van der Waals surface area contributed by atoms with Crippen molar-refractivity contribution in [3.63, 3.8) is 0 Å². The third kappa shape index (κ3) is 1.80. The van der Waals surface area contributed by atoms with Crippen molar-refractivity contribution in [1.29, 1.82) is 0 Å². The van der Waals surface area contributed by atoms with Crippen LogP contribution in [0.4, 0.5) is 0 Å². The lowest BCUT2D eigenvalue weighted by Gasteiger charge is -2.36. The van der Waals surface area contributed by atoms with E-state index in [1.54, 1.807) is 0 Å². The summed E-state index contributed by atoms with van der Waals surface area (Å²) in [5.41, 5.74) is 0. The maximum atomic E-state index is 10.5. The molecule has 0 amide bonds. The van der Waals surface area contributed by atoms with Gasteiger partial charge in [-0.15, -0.1) is 0 Å². The highest BCUT2D eigenvalue weighted by molar-refractivity contribution is 5.71. The predicted octanol–water partition coefficient (Wildman–Crippen LogP) is -2.47. The van der Waals surface area contributed by atoms with E-state index in [9.17, 15) is 9.90 Å². The van der Waals surface area contributed by atoms with Crippen molar-refractivity contribution in [1.82, 2.24) is 0 Å². The van der Waals surface area contributed by atoms with Gasteiger partial charge < -0.3 is 25.5 Å². The second-order valence-corrected chi connectivity index (χ2v) is 3.22. The maximum Gasteiger partial charge on any atom is 0.309 e. The monoisotopic (exact) mass is 192 g/mol. The minimum absolute atomic E-state index is 0.255. The van der Waals surface area contributed by atoms with Gasteiger partial charge in [0.05, 0.1) is 18.1 Å². The average molecular weight is 192 g/mol. The number of hydrogen-bond acceptors (Lipinski definition) is 5. The number of hydrogen-bond donors (Lipinski definition) is 5. The molecule has 1 aliphatic carbocycles. The lowest BCUT2D eigenvalue weighted by Crippen LogP contribution is -2.55. The Bertz CT molecular complexity index is 205. The number of carboxylic acid groups (broad SMARTS) is 1. The fourth-order valence-electron chi connectivity index (χ4n) is 1.45. The molecule has 0 radical (unpaired) electrons. The summed E-state index contributed by atoms with van der Waals surface area (Å²) in [6.07, 6.45) is -6.18. The molecule has 13 heavy (non-hydrogen) atoms. The SMILES string of the molecule is O=C(O)[C@H]1C[C@H](O)[C@H](O)[C@@H](O)[C@@H]1O. The number of carbonyl (C=O) groups is 1. The van der Waals surface area contributed by atoms with E-state index in [0.717, 1.165) is 0 Å². The Labute approximate surface area is 74.1 Å². The molecule has 0 heterocycles. The van der Waals surface area contributed by atoms with Gasteiger partial charge in [-0.3, -0.25) is 4.79 Å². The largest absolute Gasteiger partial charge is 0.481 e. The van der Waals surface area contributed by atoms with Crippen molar-refractivity contribution in [2.45, 2.75) is 30.8 Å². The van der Waals surface area contributed by atoms with Gasteiger partial charge in [0.15, 0.2) is 0 Å². The first-order valence-electron chi connectivity index (χ1n) is 3.90. The van der Waals surface area contributed by atoms with Crippen LogP contribution in [0.3, 0.4) is 0 Å². The van der Waals surface area contributed by atoms with Crippen LogP contribution in [-0.2, 0) is 4.79 Å². The van der Waals surface area contributed by atoms with Gasteiger partial charge in [0, 0.05) is 0 Å². The highest BCUT2D eigenvalue weighted by Crippen LogP contribution is 2.25. The zero-order chi connectivity index (χ0) is 10.2. The molecule has 0 bridgehead atoms. The molecule has 6 nitrogen and oxygen atoms in total. The van der Waals surface area contributed by atoms with Gasteiger partial charge in [0.25, 0.3) is 0 Å². The molecule has 5 N–H and O–H groups in total. The quantitative estimate of drug-likeness (QED) is 0.314. The number of aliphatic hydroxyl groups excluding tert-OH is 4. The van der Waals surface area contributed by atoms with E-state index in [0.29, 0.717) is 0 Å². The minimum atomic E-state index is -1.61. The first kappa shape index (κ1) is 10.4. The van der Waals surface area contributed by atoms with Gasteiger partial charge in [0.2, 0.25) is 0 Å². The van der Waals surface area contributed by atoms with E-state index in [4.69, 9.17) is 20.4 Å². The molecule has 0 aromatic rings. The van der Waals surface area contributed by atoms with Gasteiger partial charge in [-0.25, -0.2) is 0 Å². The van der Waals surface area contributed by atoms with Crippen LogP contribution in [-0.4, -0.2) is 55.9 Å². The van der Waals surface area contributed by atoms with Gasteiger partial charge in [-0.2, -0.15) is 0 Å². The predicted molar refractivity (Wildman–Crippen MR) is 39.8 cm³/mol.